The number of rotatable bonds is 5. The third-order valence-electron chi connectivity index (χ3n) is 1.59. The number of likely N-dealkylation sites (N-methyl/N-ethyl adjacent to an activating group) is 1. The van der Waals surface area contributed by atoms with Crippen molar-refractivity contribution in [2.45, 2.75) is 20.8 Å². The van der Waals surface area contributed by atoms with E-state index in [2.05, 4.69) is 26.1 Å². The molecule has 0 aliphatic rings. The van der Waals surface area contributed by atoms with Gasteiger partial charge in [0.1, 0.15) is 6.54 Å². The zero-order valence-corrected chi connectivity index (χ0v) is 11.1. The molecule has 0 unspecified atom stereocenters. The molecule has 2 N–H and O–H groups in total. The topological polar surface area (TPSA) is 69.6 Å². The maximum absolute atomic E-state index is 11.2. The average molecular weight is 253 g/mol. The Labute approximate surface area is 103 Å². The fourth-order valence-electron chi connectivity index (χ4n) is 1.34. The highest BCUT2D eigenvalue weighted by Gasteiger charge is 2.15. The normalized spacial score (nSPS) is 10.8. The smallest absolute Gasteiger partial charge is 0.322 e. The highest BCUT2D eigenvalue weighted by Crippen LogP contribution is 2.13. The van der Waals surface area contributed by atoms with Gasteiger partial charge in [-0.15, -0.1) is 12.4 Å². The van der Waals surface area contributed by atoms with Gasteiger partial charge in [0.05, 0.1) is 6.54 Å². The summed E-state index contributed by atoms with van der Waals surface area (Å²) in [5.74, 6) is -1.29. The van der Waals surface area contributed by atoms with Gasteiger partial charge < -0.3 is 10.4 Å². The molecule has 0 bridgehead atoms. The van der Waals surface area contributed by atoms with Crippen molar-refractivity contribution in [3.63, 3.8) is 0 Å². The second-order valence-corrected chi connectivity index (χ2v) is 4.90. The number of amides is 1. The van der Waals surface area contributed by atoms with Crippen LogP contribution in [0.1, 0.15) is 20.8 Å². The van der Waals surface area contributed by atoms with Crippen molar-refractivity contribution in [3.8, 4) is 0 Å². The molecule has 0 saturated heterocycles. The summed E-state index contributed by atoms with van der Waals surface area (Å²) in [7, 11) is 1.84. The standard InChI is InChI=1S/C10H20N2O3.ClH/c1-10(2,3)7-12(4)6-8(13)11-5-9(14)15;/h5-7H2,1-4H3,(H,11,13)(H,14,15);1H. The minimum atomic E-state index is -1.03. The van der Waals surface area contributed by atoms with Gasteiger partial charge in [-0.05, 0) is 12.5 Å². The molecule has 0 aliphatic carbocycles. The van der Waals surface area contributed by atoms with Gasteiger partial charge in [0.25, 0.3) is 0 Å². The lowest BCUT2D eigenvalue weighted by Crippen LogP contribution is -2.40. The van der Waals surface area contributed by atoms with Crippen molar-refractivity contribution in [1.29, 1.82) is 0 Å². The SMILES string of the molecule is CN(CC(=O)NCC(=O)O)CC(C)(C)C.Cl. The van der Waals surface area contributed by atoms with E-state index in [9.17, 15) is 9.59 Å². The monoisotopic (exact) mass is 252 g/mol. The van der Waals surface area contributed by atoms with Gasteiger partial charge in [-0.25, -0.2) is 0 Å². The Bertz CT molecular complexity index is 239. The van der Waals surface area contributed by atoms with Crippen LogP contribution in [0.15, 0.2) is 0 Å². The van der Waals surface area contributed by atoms with Gasteiger partial charge in [-0.1, -0.05) is 20.8 Å². The molecule has 0 rings (SSSR count). The second-order valence-electron chi connectivity index (χ2n) is 4.90. The average Bonchev–Trinajstić information content (AvgIpc) is 1.96. The van der Waals surface area contributed by atoms with Crippen molar-refractivity contribution in [2.75, 3.05) is 26.7 Å². The van der Waals surface area contributed by atoms with Gasteiger partial charge >= 0.3 is 5.97 Å². The molecule has 96 valence electrons. The Kier molecular flexibility index (Phi) is 8.20. The lowest BCUT2D eigenvalue weighted by Gasteiger charge is -2.25. The van der Waals surface area contributed by atoms with Gasteiger partial charge in [0.2, 0.25) is 5.91 Å². The number of carbonyl (C=O) groups excluding carboxylic acids is 1. The minimum absolute atomic E-state index is 0. The second kappa shape index (κ2) is 7.46. The Morgan fingerprint density at radius 1 is 1.31 bits per heavy atom. The molecule has 1 amide bonds. The van der Waals surface area contributed by atoms with Crippen LogP contribution >= 0.6 is 12.4 Å². The number of carboxylic acids is 1. The molecule has 0 heterocycles. The van der Waals surface area contributed by atoms with E-state index in [0.717, 1.165) is 6.54 Å². The molecule has 16 heavy (non-hydrogen) atoms. The Morgan fingerprint density at radius 2 is 1.81 bits per heavy atom. The fourth-order valence-corrected chi connectivity index (χ4v) is 1.34. The van der Waals surface area contributed by atoms with Crippen LogP contribution in [-0.2, 0) is 9.59 Å². The molecule has 0 aromatic rings. The summed E-state index contributed by atoms with van der Waals surface area (Å²) in [6.07, 6.45) is 0. The Hall–Kier alpha value is -0.810. The summed E-state index contributed by atoms with van der Waals surface area (Å²) in [5, 5.41) is 10.7. The number of carboxylic acid groups (broad SMARTS) is 1. The molecule has 0 aromatic carbocycles. The highest BCUT2D eigenvalue weighted by molar-refractivity contribution is 5.85. The maximum Gasteiger partial charge on any atom is 0.322 e. The molecule has 0 aromatic heterocycles. The maximum atomic E-state index is 11.2. The van der Waals surface area contributed by atoms with Crippen LogP contribution in [0.25, 0.3) is 0 Å². The number of aliphatic carboxylic acids is 1. The van der Waals surface area contributed by atoms with E-state index in [4.69, 9.17) is 5.11 Å². The molecule has 6 heteroatoms. The Morgan fingerprint density at radius 3 is 2.19 bits per heavy atom. The summed E-state index contributed by atoms with van der Waals surface area (Å²) in [6.45, 7) is 6.94. The zero-order chi connectivity index (χ0) is 12.1. The molecule has 0 atom stereocenters. The molecule has 0 fully saturated rings. The number of nitrogens with zero attached hydrogens (tertiary/aromatic N) is 1. The van der Waals surface area contributed by atoms with Crippen molar-refractivity contribution in [3.05, 3.63) is 0 Å². The van der Waals surface area contributed by atoms with Crippen molar-refractivity contribution in [2.24, 2.45) is 5.41 Å². The summed E-state index contributed by atoms with van der Waals surface area (Å²) < 4.78 is 0. The molecular weight excluding hydrogens is 232 g/mol. The van der Waals surface area contributed by atoms with E-state index in [0.29, 0.717) is 0 Å². The van der Waals surface area contributed by atoms with Crippen LogP contribution < -0.4 is 5.32 Å². The summed E-state index contributed by atoms with van der Waals surface area (Å²) in [4.78, 5) is 23.3. The van der Waals surface area contributed by atoms with Crippen LogP contribution in [-0.4, -0.2) is 48.6 Å². The predicted molar refractivity (Wildman–Crippen MR) is 64.8 cm³/mol. The number of hydrogen-bond acceptors (Lipinski definition) is 3. The number of nitrogens with one attached hydrogen (secondary N) is 1. The largest absolute Gasteiger partial charge is 0.480 e. The van der Waals surface area contributed by atoms with Gasteiger partial charge in [0, 0.05) is 6.54 Å². The summed E-state index contributed by atoms with van der Waals surface area (Å²) >= 11 is 0. The minimum Gasteiger partial charge on any atom is -0.480 e. The van der Waals surface area contributed by atoms with E-state index in [1.54, 1.807) is 0 Å². The van der Waals surface area contributed by atoms with E-state index in [-0.39, 0.29) is 36.8 Å². The zero-order valence-electron chi connectivity index (χ0n) is 10.2. The van der Waals surface area contributed by atoms with Crippen molar-refractivity contribution < 1.29 is 14.7 Å². The van der Waals surface area contributed by atoms with Crippen LogP contribution in [0, 0.1) is 5.41 Å². The fraction of sp³-hybridized carbons (Fsp3) is 0.800. The van der Waals surface area contributed by atoms with Crippen LogP contribution in [0.5, 0.6) is 0 Å². The van der Waals surface area contributed by atoms with Crippen LogP contribution in [0.4, 0.5) is 0 Å². The molecule has 0 radical (unpaired) electrons. The number of halogens is 1. The summed E-state index contributed by atoms with van der Waals surface area (Å²) in [6, 6.07) is 0. The summed E-state index contributed by atoms with van der Waals surface area (Å²) in [5.41, 5.74) is 0.127. The molecule has 0 aliphatic heterocycles. The first kappa shape index (κ1) is 17.6. The van der Waals surface area contributed by atoms with Gasteiger partial charge in [-0.3, -0.25) is 14.5 Å². The van der Waals surface area contributed by atoms with E-state index < -0.39 is 5.97 Å². The molecule has 0 saturated carbocycles. The predicted octanol–water partition coefficient (Wildman–Crippen LogP) is 0.587. The molecule has 0 spiro atoms. The van der Waals surface area contributed by atoms with Crippen molar-refractivity contribution in [1.82, 2.24) is 10.2 Å². The number of carbonyl (C=O) groups is 2. The van der Waals surface area contributed by atoms with E-state index in [1.165, 1.54) is 0 Å². The first-order valence-electron chi connectivity index (χ1n) is 4.88. The highest BCUT2D eigenvalue weighted by atomic mass is 35.5. The van der Waals surface area contributed by atoms with Crippen LogP contribution in [0.2, 0.25) is 0 Å². The first-order chi connectivity index (χ1) is 6.70. The third kappa shape index (κ3) is 11.3. The Balaban J connectivity index is 0. The lowest BCUT2D eigenvalue weighted by atomic mass is 9.96. The van der Waals surface area contributed by atoms with E-state index in [1.807, 2.05) is 11.9 Å². The van der Waals surface area contributed by atoms with Gasteiger partial charge in [0.15, 0.2) is 0 Å². The van der Waals surface area contributed by atoms with E-state index >= 15 is 0 Å². The lowest BCUT2D eigenvalue weighted by molar-refractivity contribution is -0.138. The van der Waals surface area contributed by atoms with Crippen molar-refractivity contribution >= 4 is 24.3 Å². The molecule has 5 nitrogen and oxygen atoms in total. The molecular formula is C10H21ClN2O3. The van der Waals surface area contributed by atoms with Crippen LogP contribution in [0.3, 0.4) is 0 Å². The van der Waals surface area contributed by atoms with Gasteiger partial charge in [-0.2, -0.15) is 0 Å². The quantitative estimate of drug-likeness (QED) is 0.751. The number of hydrogen-bond donors (Lipinski definition) is 2. The third-order valence-corrected chi connectivity index (χ3v) is 1.59. The first-order valence-corrected chi connectivity index (χ1v) is 4.88.